The number of benzene rings is 1. The first-order valence-corrected chi connectivity index (χ1v) is 5.65. The van der Waals surface area contributed by atoms with Gasteiger partial charge in [-0.1, -0.05) is 12.2 Å². The third-order valence-electron chi connectivity index (χ3n) is 2.89. The molecular formula is C12H11F3N2O2. The summed E-state index contributed by atoms with van der Waals surface area (Å²) in [5.74, 6) is 0. The number of nitrogens with zero attached hydrogens (tertiary/aromatic N) is 1. The van der Waals surface area contributed by atoms with E-state index >= 15 is 0 Å². The lowest BCUT2D eigenvalue weighted by Gasteiger charge is -2.18. The van der Waals surface area contributed by atoms with E-state index in [2.05, 4.69) is 5.32 Å². The predicted octanol–water partition coefficient (Wildman–Crippen LogP) is 3.74. The normalized spacial score (nSPS) is 15.7. The van der Waals surface area contributed by atoms with Crippen molar-refractivity contribution in [3.8, 4) is 0 Å². The molecule has 0 radical (unpaired) electrons. The largest absolute Gasteiger partial charge is 0.418 e. The Morgan fingerprint density at radius 2 is 1.89 bits per heavy atom. The number of non-ortho nitro benzene ring substituents is 1. The maximum absolute atomic E-state index is 12.9. The third kappa shape index (κ3) is 3.04. The summed E-state index contributed by atoms with van der Waals surface area (Å²) in [5, 5.41) is 13.3. The molecule has 0 heterocycles. The highest BCUT2D eigenvalue weighted by Gasteiger charge is 2.35. The molecule has 0 amide bonds. The fourth-order valence-electron chi connectivity index (χ4n) is 1.96. The second kappa shape index (κ2) is 4.91. The number of anilines is 1. The molecule has 0 saturated carbocycles. The number of nitrogens with one attached hydrogen (secondary N) is 1. The molecule has 102 valence electrons. The molecular weight excluding hydrogens is 261 g/mol. The van der Waals surface area contributed by atoms with Crippen LogP contribution in [0.2, 0.25) is 0 Å². The van der Waals surface area contributed by atoms with Crippen LogP contribution in [0.25, 0.3) is 0 Å². The highest BCUT2D eigenvalue weighted by molar-refractivity contribution is 5.58. The quantitative estimate of drug-likeness (QED) is 0.518. The van der Waals surface area contributed by atoms with Gasteiger partial charge in [0.15, 0.2) is 0 Å². The molecule has 0 aromatic heterocycles. The van der Waals surface area contributed by atoms with Gasteiger partial charge in [-0.3, -0.25) is 10.1 Å². The molecule has 1 aromatic rings. The lowest BCUT2D eigenvalue weighted by Crippen LogP contribution is -2.19. The number of hydrogen-bond donors (Lipinski definition) is 1. The predicted molar refractivity (Wildman–Crippen MR) is 63.9 cm³/mol. The van der Waals surface area contributed by atoms with Gasteiger partial charge < -0.3 is 5.32 Å². The van der Waals surface area contributed by atoms with Crippen LogP contribution in [0.3, 0.4) is 0 Å². The van der Waals surface area contributed by atoms with Crippen LogP contribution in [0.1, 0.15) is 18.4 Å². The topological polar surface area (TPSA) is 55.2 Å². The highest BCUT2D eigenvalue weighted by Crippen LogP contribution is 2.37. The van der Waals surface area contributed by atoms with Gasteiger partial charge in [-0.25, -0.2) is 0 Å². The molecule has 1 aliphatic carbocycles. The Kier molecular flexibility index (Phi) is 3.46. The fraction of sp³-hybridized carbons (Fsp3) is 0.333. The first-order chi connectivity index (χ1) is 8.88. The van der Waals surface area contributed by atoms with Crippen molar-refractivity contribution in [3.63, 3.8) is 0 Å². The van der Waals surface area contributed by atoms with Gasteiger partial charge in [-0.05, 0) is 18.9 Å². The van der Waals surface area contributed by atoms with Crippen LogP contribution in [-0.2, 0) is 6.18 Å². The second-order valence-electron chi connectivity index (χ2n) is 4.27. The number of nitro groups is 1. The SMILES string of the molecule is O=[N+]([O-])c1ccc(NC2CC=CC2)c(C(F)(F)F)c1. The summed E-state index contributed by atoms with van der Waals surface area (Å²) < 4.78 is 38.7. The van der Waals surface area contributed by atoms with Crippen molar-refractivity contribution in [3.05, 3.63) is 46.0 Å². The molecule has 1 aromatic carbocycles. The van der Waals surface area contributed by atoms with Gasteiger partial charge in [0.25, 0.3) is 5.69 Å². The Balaban J connectivity index is 2.33. The molecule has 1 aliphatic rings. The zero-order valence-corrected chi connectivity index (χ0v) is 9.78. The number of alkyl halides is 3. The Labute approximate surface area is 107 Å². The Morgan fingerprint density at radius 1 is 1.26 bits per heavy atom. The first-order valence-electron chi connectivity index (χ1n) is 5.65. The van der Waals surface area contributed by atoms with Crippen LogP contribution in [0.5, 0.6) is 0 Å². The van der Waals surface area contributed by atoms with Gasteiger partial charge >= 0.3 is 6.18 Å². The van der Waals surface area contributed by atoms with Crippen LogP contribution in [0, 0.1) is 10.1 Å². The van der Waals surface area contributed by atoms with Crippen molar-refractivity contribution in [1.29, 1.82) is 0 Å². The zero-order chi connectivity index (χ0) is 14.0. The van der Waals surface area contributed by atoms with Crippen LogP contribution in [-0.4, -0.2) is 11.0 Å². The number of halogens is 3. The van der Waals surface area contributed by atoms with E-state index in [9.17, 15) is 23.3 Å². The lowest BCUT2D eigenvalue weighted by molar-refractivity contribution is -0.385. The van der Waals surface area contributed by atoms with E-state index in [4.69, 9.17) is 0 Å². The van der Waals surface area contributed by atoms with E-state index in [1.165, 1.54) is 0 Å². The second-order valence-corrected chi connectivity index (χ2v) is 4.27. The Morgan fingerprint density at radius 3 is 2.42 bits per heavy atom. The van der Waals surface area contributed by atoms with E-state index in [0.717, 1.165) is 12.1 Å². The fourth-order valence-corrected chi connectivity index (χ4v) is 1.96. The van der Waals surface area contributed by atoms with Gasteiger partial charge in [0.2, 0.25) is 0 Å². The minimum Gasteiger partial charge on any atom is -0.381 e. The van der Waals surface area contributed by atoms with E-state index < -0.39 is 22.4 Å². The summed E-state index contributed by atoms with van der Waals surface area (Å²) in [4.78, 5) is 9.71. The number of hydrogen-bond acceptors (Lipinski definition) is 3. The van der Waals surface area contributed by atoms with Gasteiger partial charge in [-0.15, -0.1) is 0 Å². The number of rotatable bonds is 3. The summed E-state index contributed by atoms with van der Waals surface area (Å²) in [6.45, 7) is 0. The van der Waals surface area contributed by atoms with Crippen LogP contribution >= 0.6 is 0 Å². The Hall–Kier alpha value is -2.05. The third-order valence-corrected chi connectivity index (χ3v) is 2.89. The molecule has 7 heteroatoms. The first kappa shape index (κ1) is 13.4. The molecule has 19 heavy (non-hydrogen) atoms. The van der Waals surface area contributed by atoms with Crippen molar-refractivity contribution >= 4 is 11.4 Å². The molecule has 0 bridgehead atoms. The van der Waals surface area contributed by atoms with Gasteiger partial charge in [0.1, 0.15) is 0 Å². The van der Waals surface area contributed by atoms with Gasteiger partial charge in [-0.2, -0.15) is 13.2 Å². The van der Waals surface area contributed by atoms with E-state index in [1.54, 1.807) is 0 Å². The van der Waals surface area contributed by atoms with Crippen LogP contribution < -0.4 is 5.32 Å². The molecule has 0 aliphatic heterocycles. The molecule has 2 rings (SSSR count). The van der Waals surface area contributed by atoms with Crippen molar-refractivity contribution in [2.75, 3.05) is 5.32 Å². The summed E-state index contributed by atoms with van der Waals surface area (Å²) in [5.41, 5.74) is -1.69. The summed E-state index contributed by atoms with van der Waals surface area (Å²) in [6, 6.07) is 2.65. The maximum Gasteiger partial charge on any atom is 0.418 e. The molecule has 0 saturated heterocycles. The van der Waals surface area contributed by atoms with Crippen molar-refractivity contribution < 1.29 is 18.1 Å². The van der Waals surface area contributed by atoms with Crippen molar-refractivity contribution in [1.82, 2.24) is 0 Å². The molecule has 0 atom stereocenters. The van der Waals surface area contributed by atoms with Crippen molar-refractivity contribution in [2.45, 2.75) is 25.1 Å². The van der Waals surface area contributed by atoms with E-state index in [0.29, 0.717) is 18.9 Å². The minimum absolute atomic E-state index is 0.0949. The van der Waals surface area contributed by atoms with E-state index in [1.807, 2.05) is 12.2 Å². The highest BCUT2D eigenvalue weighted by atomic mass is 19.4. The molecule has 1 N–H and O–H groups in total. The minimum atomic E-state index is -4.62. The lowest BCUT2D eigenvalue weighted by atomic mass is 10.1. The smallest absolute Gasteiger partial charge is 0.381 e. The van der Waals surface area contributed by atoms with Crippen molar-refractivity contribution in [2.24, 2.45) is 0 Å². The summed E-state index contributed by atoms with van der Waals surface area (Å²) in [6.07, 6.45) is 0.440. The maximum atomic E-state index is 12.9. The van der Waals surface area contributed by atoms with Crippen LogP contribution in [0.15, 0.2) is 30.4 Å². The Bertz CT molecular complexity index is 518. The molecule has 0 fully saturated rings. The number of nitro benzene ring substituents is 1. The molecule has 4 nitrogen and oxygen atoms in total. The average Bonchev–Trinajstić information content (AvgIpc) is 2.80. The van der Waals surface area contributed by atoms with Gasteiger partial charge in [0, 0.05) is 23.9 Å². The molecule has 0 unspecified atom stereocenters. The van der Waals surface area contributed by atoms with Gasteiger partial charge in [0.05, 0.1) is 10.5 Å². The average molecular weight is 272 g/mol. The van der Waals surface area contributed by atoms with Crippen LogP contribution in [0.4, 0.5) is 24.5 Å². The summed E-state index contributed by atoms with van der Waals surface area (Å²) in [7, 11) is 0. The zero-order valence-electron chi connectivity index (χ0n) is 9.78. The summed E-state index contributed by atoms with van der Waals surface area (Å²) >= 11 is 0. The standard InChI is InChI=1S/C12H11F3N2O2/c13-12(14,15)10-7-9(17(18)19)5-6-11(10)16-8-3-1-2-4-8/h1-2,5-8,16H,3-4H2. The van der Waals surface area contributed by atoms with E-state index in [-0.39, 0.29) is 11.7 Å². The monoisotopic (exact) mass is 272 g/mol. The molecule has 0 spiro atoms.